The van der Waals surface area contributed by atoms with Crippen LogP contribution in [0, 0.1) is 11.8 Å². The zero-order chi connectivity index (χ0) is 18.1. The molecule has 3 saturated heterocycles. The van der Waals surface area contributed by atoms with Crippen LogP contribution < -0.4 is 10.6 Å². The van der Waals surface area contributed by atoms with Crippen molar-refractivity contribution in [1.82, 2.24) is 25.1 Å². The molecule has 0 aliphatic carbocycles. The maximum Gasteiger partial charge on any atom is 0.265 e. The van der Waals surface area contributed by atoms with Crippen molar-refractivity contribution in [1.29, 1.82) is 0 Å². The van der Waals surface area contributed by atoms with Crippen molar-refractivity contribution in [3.8, 4) is 0 Å². The molecule has 3 aliphatic heterocycles. The van der Waals surface area contributed by atoms with E-state index in [1.807, 2.05) is 0 Å². The third-order valence-corrected chi connectivity index (χ3v) is 6.89. The molecular formula is C18H27N5O2S. The van der Waals surface area contributed by atoms with Gasteiger partial charge in [-0.15, -0.1) is 5.10 Å². The number of carbonyl (C=O) groups excluding carboxylic acids is 2. The highest BCUT2D eigenvalue weighted by molar-refractivity contribution is 7.08. The van der Waals surface area contributed by atoms with Gasteiger partial charge in [-0.05, 0) is 55.6 Å². The summed E-state index contributed by atoms with van der Waals surface area (Å²) in [6.07, 6.45) is 5.59. The van der Waals surface area contributed by atoms with Crippen molar-refractivity contribution in [3.63, 3.8) is 0 Å². The van der Waals surface area contributed by atoms with Gasteiger partial charge in [0.1, 0.15) is 4.88 Å². The highest BCUT2D eigenvalue weighted by Crippen LogP contribution is 2.39. The molecule has 7 nitrogen and oxygen atoms in total. The molecule has 0 unspecified atom stereocenters. The van der Waals surface area contributed by atoms with E-state index in [0.29, 0.717) is 35.7 Å². The number of aromatic nitrogens is 2. The summed E-state index contributed by atoms with van der Waals surface area (Å²) in [4.78, 5) is 28.1. The zero-order valence-corrected chi connectivity index (χ0v) is 16.1. The fourth-order valence-corrected chi connectivity index (χ4v) is 5.58. The Kier molecular flexibility index (Phi) is 5.22. The lowest BCUT2D eigenvalue weighted by atomic mass is 9.72. The summed E-state index contributed by atoms with van der Waals surface area (Å²) in [7, 11) is 0. The normalized spacial score (nSPS) is 30.8. The first-order chi connectivity index (χ1) is 12.7. The Hall–Kier alpha value is -1.54. The van der Waals surface area contributed by atoms with Crippen molar-refractivity contribution < 1.29 is 9.59 Å². The molecule has 4 rings (SSSR count). The Morgan fingerprint density at radius 1 is 1.38 bits per heavy atom. The van der Waals surface area contributed by atoms with E-state index in [4.69, 9.17) is 0 Å². The Morgan fingerprint density at radius 3 is 3.08 bits per heavy atom. The lowest BCUT2D eigenvalue weighted by Gasteiger charge is -2.54. The van der Waals surface area contributed by atoms with Crippen molar-refractivity contribution in [2.75, 3.05) is 19.6 Å². The van der Waals surface area contributed by atoms with Crippen molar-refractivity contribution in [2.24, 2.45) is 11.8 Å². The van der Waals surface area contributed by atoms with Crippen LogP contribution in [-0.2, 0) is 11.2 Å². The van der Waals surface area contributed by atoms with Crippen LogP contribution in [0.4, 0.5) is 0 Å². The average molecular weight is 378 g/mol. The molecule has 3 aliphatic rings. The molecule has 0 saturated carbocycles. The highest BCUT2D eigenvalue weighted by Gasteiger charge is 2.47. The number of nitrogens with one attached hydrogen (secondary N) is 2. The summed E-state index contributed by atoms with van der Waals surface area (Å²) in [6.45, 7) is 4.52. The van der Waals surface area contributed by atoms with E-state index >= 15 is 0 Å². The van der Waals surface area contributed by atoms with Gasteiger partial charge in [0.05, 0.1) is 11.7 Å². The summed E-state index contributed by atoms with van der Waals surface area (Å²) in [5.41, 5.74) is 0.782. The number of rotatable bonds is 5. The van der Waals surface area contributed by atoms with Crippen molar-refractivity contribution in [2.45, 2.75) is 57.5 Å². The number of carbonyl (C=O) groups is 2. The van der Waals surface area contributed by atoms with Crippen LogP contribution in [0.15, 0.2) is 0 Å². The number of aryl methyl sites for hydroxylation is 1. The minimum atomic E-state index is -0.102. The minimum Gasteiger partial charge on any atom is -0.349 e. The summed E-state index contributed by atoms with van der Waals surface area (Å²) < 4.78 is 3.94. The fourth-order valence-electron chi connectivity index (χ4n) is 4.96. The third-order valence-electron chi connectivity index (χ3n) is 6.12. The van der Waals surface area contributed by atoms with Crippen molar-refractivity contribution in [3.05, 3.63) is 10.6 Å². The molecule has 4 atom stereocenters. The molecule has 0 aromatic carbocycles. The Bertz CT molecular complexity index is 678. The van der Waals surface area contributed by atoms with Gasteiger partial charge in [0, 0.05) is 25.6 Å². The predicted octanol–water partition coefficient (Wildman–Crippen LogP) is 1.21. The molecule has 1 aromatic heterocycles. The topological polar surface area (TPSA) is 87.2 Å². The number of amides is 2. The standard InChI is InChI=1S/C18H27N5O2S/c1-2-4-13-17(26-22-21-13)18(25)20-10-15-12-7-11(8-19-9-12)14-5-3-6-16(24)23(14)15/h11-12,14-15,19H,2-10H2,1H3,(H,20,25)/t11-,12-,14-,15-/m0/s1. The van der Waals surface area contributed by atoms with Gasteiger partial charge in [-0.3, -0.25) is 9.59 Å². The van der Waals surface area contributed by atoms with E-state index in [2.05, 4.69) is 32.0 Å². The van der Waals surface area contributed by atoms with Gasteiger partial charge < -0.3 is 15.5 Å². The molecule has 0 radical (unpaired) electrons. The summed E-state index contributed by atoms with van der Waals surface area (Å²) in [5.74, 6) is 1.15. The number of piperidine rings is 3. The van der Waals surface area contributed by atoms with E-state index in [0.717, 1.165) is 62.4 Å². The minimum absolute atomic E-state index is 0.0938. The van der Waals surface area contributed by atoms with Gasteiger partial charge >= 0.3 is 0 Å². The number of hydrogen-bond donors (Lipinski definition) is 2. The first-order valence-corrected chi connectivity index (χ1v) is 10.6. The van der Waals surface area contributed by atoms with Gasteiger partial charge in [0.15, 0.2) is 0 Å². The van der Waals surface area contributed by atoms with Crippen LogP contribution in [0.3, 0.4) is 0 Å². The van der Waals surface area contributed by atoms with Gasteiger partial charge in [0.2, 0.25) is 5.91 Å². The summed E-state index contributed by atoms with van der Waals surface area (Å²) >= 11 is 1.16. The maximum absolute atomic E-state index is 12.7. The van der Waals surface area contributed by atoms with E-state index in [1.165, 1.54) is 0 Å². The van der Waals surface area contributed by atoms with Crippen LogP contribution in [0.25, 0.3) is 0 Å². The number of fused-ring (bicyclic) bond motifs is 4. The van der Waals surface area contributed by atoms with Gasteiger partial charge in [-0.25, -0.2) is 0 Å². The lowest BCUT2D eigenvalue weighted by molar-refractivity contribution is -0.148. The second-order valence-corrected chi connectivity index (χ2v) is 8.50. The lowest BCUT2D eigenvalue weighted by Crippen LogP contribution is -2.66. The molecule has 142 valence electrons. The zero-order valence-electron chi connectivity index (χ0n) is 15.2. The first-order valence-electron chi connectivity index (χ1n) is 9.80. The summed E-state index contributed by atoms with van der Waals surface area (Å²) in [5, 5.41) is 10.7. The van der Waals surface area contributed by atoms with Crippen LogP contribution in [0.2, 0.25) is 0 Å². The summed E-state index contributed by atoms with van der Waals surface area (Å²) in [6, 6.07) is 0.430. The van der Waals surface area contributed by atoms with Crippen LogP contribution >= 0.6 is 11.5 Å². The second-order valence-electron chi connectivity index (χ2n) is 7.75. The van der Waals surface area contributed by atoms with E-state index < -0.39 is 0 Å². The maximum atomic E-state index is 12.7. The molecule has 3 fully saturated rings. The fraction of sp³-hybridized carbons (Fsp3) is 0.778. The SMILES string of the molecule is CCCc1nnsc1C(=O)NC[C@H]1[C@@H]2CNC[C@H](C2)[C@@H]2CCCC(=O)N21. The first kappa shape index (κ1) is 17.9. The molecule has 1 aromatic rings. The van der Waals surface area contributed by atoms with E-state index in [9.17, 15) is 9.59 Å². The molecular weight excluding hydrogens is 350 g/mol. The molecule has 4 heterocycles. The van der Waals surface area contributed by atoms with E-state index in [-0.39, 0.29) is 17.9 Å². The average Bonchev–Trinajstić information content (AvgIpc) is 3.11. The van der Waals surface area contributed by atoms with Gasteiger partial charge in [0.25, 0.3) is 5.91 Å². The van der Waals surface area contributed by atoms with Crippen LogP contribution in [0.1, 0.15) is 54.4 Å². The van der Waals surface area contributed by atoms with Crippen LogP contribution in [0.5, 0.6) is 0 Å². The highest BCUT2D eigenvalue weighted by atomic mass is 32.1. The van der Waals surface area contributed by atoms with Gasteiger partial charge in [-0.2, -0.15) is 0 Å². The molecule has 0 spiro atoms. The molecule has 2 amide bonds. The number of hydrogen-bond acceptors (Lipinski definition) is 6. The Balaban J connectivity index is 1.48. The Labute approximate surface area is 158 Å². The molecule has 2 N–H and O–H groups in total. The predicted molar refractivity (Wildman–Crippen MR) is 99.0 cm³/mol. The van der Waals surface area contributed by atoms with Crippen LogP contribution in [-0.4, -0.2) is 58.0 Å². The largest absolute Gasteiger partial charge is 0.349 e. The van der Waals surface area contributed by atoms with E-state index in [1.54, 1.807) is 0 Å². The molecule has 26 heavy (non-hydrogen) atoms. The molecule has 2 bridgehead atoms. The van der Waals surface area contributed by atoms with Gasteiger partial charge in [-0.1, -0.05) is 17.8 Å². The third kappa shape index (κ3) is 3.24. The van der Waals surface area contributed by atoms with Crippen molar-refractivity contribution >= 4 is 23.3 Å². The smallest absolute Gasteiger partial charge is 0.265 e. The quantitative estimate of drug-likeness (QED) is 0.805. The second kappa shape index (κ2) is 7.60. The Morgan fingerprint density at radius 2 is 2.23 bits per heavy atom. The molecule has 8 heteroatoms. The number of nitrogens with zero attached hydrogens (tertiary/aromatic N) is 3. The monoisotopic (exact) mass is 377 g/mol.